The zero-order chi connectivity index (χ0) is 16.0. The van der Waals surface area contributed by atoms with Gasteiger partial charge in [-0.1, -0.05) is 30.3 Å². The normalized spacial score (nSPS) is 13.9. The van der Waals surface area contributed by atoms with E-state index in [0.29, 0.717) is 0 Å². The Labute approximate surface area is 118 Å². The molecule has 0 saturated carbocycles. The molecule has 21 heavy (non-hydrogen) atoms. The average Bonchev–Trinajstić information content (AvgIpc) is 2.39. The van der Waals surface area contributed by atoms with Crippen molar-refractivity contribution in [2.24, 2.45) is 0 Å². The first-order chi connectivity index (χ1) is 9.77. The number of rotatable bonds is 4. The van der Waals surface area contributed by atoms with Crippen LogP contribution in [0.1, 0.15) is 18.6 Å². The van der Waals surface area contributed by atoms with Gasteiger partial charge in [-0.05, 0) is 12.5 Å². The van der Waals surface area contributed by atoms with Gasteiger partial charge >= 0.3 is 6.18 Å². The lowest BCUT2D eigenvalue weighted by molar-refractivity contribution is -0.239. The summed E-state index contributed by atoms with van der Waals surface area (Å²) in [4.78, 5) is 15.8. The van der Waals surface area contributed by atoms with Crippen LogP contribution in [0.25, 0.3) is 0 Å². The molecule has 0 aliphatic carbocycles. The van der Waals surface area contributed by atoms with Crippen LogP contribution in [-0.4, -0.2) is 17.2 Å². The molecule has 0 saturated heterocycles. The molecule has 2 N–H and O–H groups in total. The fraction of sp³-hybridized carbons (Fsp3) is 0.231. The number of allylic oxidation sites excluding steroid dienone is 1. The second-order valence-electron chi connectivity index (χ2n) is 3.95. The first-order valence-corrected chi connectivity index (χ1v) is 5.65. The molecule has 1 aromatic rings. The second kappa shape index (κ2) is 6.76. The minimum atomic E-state index is -4.76. The summed E-state index contributed by atoms with van der Waals surface area (Å²) in [7, 11) is 0. The number of hydrogen-bond acceptors (Lipinski definition) is 4. The highest BCUT2D eigenvalue weighted by molar-refractivity contribution is 5.96. The summed E-state index contributed by atoms with van der Waals surface area (Å²) in [5, 5.41) is 17.6. The summed E-state index contributed by atoms with van der Waals surface area (Å²) < 4.78 is 38.7. The number of carbonyl (C=O) groups is 1. The van der Waals surface area contributed by atoms with Crippen molar-refractivity contribution in [3.05, 3.63) is 47.2 Å². The molecular formula is C13H11F3N2O3. The van der Waals surface area contributed by atoms with Crippen molar-refractivity contribution in [2.75, 3.05) is 0 Å². The standard InChI is InChI=1S/C13H11F3N2O3/c1-8(19)10(7-17)12(20)18-21-11(13(14,15)16)9-5-3-2-4-6-9/h2-6,11,19H,1H3,(H,18,20)/b10-8-. The van der Waals surface area contributed by atoms with Gasteiger partial charge in [0, 0.05) is 0 Å². The summed E-state index contributed by atoms with van der Waals surface area (Å²) >= 11 is 0. The van der Waals surface area contributed by atoms with E-state index in [1.165, 1.54) is 41.9 Å². The Balaban J connectivity index is 2.89. The lowest BCUT2D eigenvalue weighted by Gasteiger charge is -2.20. The molecule has 0 aliphatic heterocycles. The van der Waals surface area contributed by atoms with Crippen LogP contribution >= 0.6 is 0 Å². The Morgan fingerprint density at radius 1 is 1.38 bits per heavy atom. The summed E-state index contributed by atoms with van der Waals surface area (Å²) in [6.07, 6.45) is -7.15. The van der Waals surface area contributed by atoms with E-state index in [4.69, 9.17) is 10.4 Å². The van der Waals surface area contributed by atoms with Crippen LogP contribution in [0.5, 0.6) is 0 Å². The molecule has 0 fully saturated rings. The first-order valence-electron chi connectivity index (χ1n) is 5.65. The van der Waals surface area contributed by atoms with Crippen molar-refractivity contribution in [2.45, 2.75) is 19.2 Å². The van der Waals surface area contributed by atoms with Crippen molar-refractivity contribution in [1.29, 1.82) is 5.26 Å². The maximum atomic E-state index is 12.9. The van der Waals surface area contributed by atoms with Crippen LogP contribution in [0, 0.1) is 11.3 Å². The molecule has 8 heteroatoms. The Bertz CT molecular complexity index is 573. The molecule has 1 aromatic carbocycles. The van der Waals surface area contributed by atoms with E-state index >= 15 is 0 Å². The highest BCUT2D eigenvalue weighted by Gasteiger charge is 2.43. The number of hydrogen-bond donors (Lipinski definition) is 2. The molecule has 112 valence electrons. The maximum Gasteiger partial charge on any atom is 0.421 e. The minimum absolute atomic E-state index is 0.214. The number of nitrogens with zero attached hydrogens (tertiary/aromatic N) is 1. The van der Waals surface area contributed by atoms with Crippen LogP contribution in [0.4, 0.5) is 13.2 Å². The van der Waals surface area contributed by atoms with Gasteiger partial charge in [0.05, 0.1) is 0 Å². The van der Waals surface area contributed by atoms with Crippen molar-refractivity contribution in [1.82, 2.24) is 5.48 Å². The molecule has 0 spiro atoms. The fourth-order valence-corrected chi connectivity index (χ4v) is 1.41. The Hall–Kier alpha value is -2.53. The summed E-state index contributed by atoms with van der Waals surface area (Å²) in [5.74, 6) is -1.88. The van der Waals surface area contributed by atoms with Gasteiger partial charge in [-0.25, -0.2) is 5.48 Å². The van der Waals surface area contributed by atoms with Crippen LogP contribution in [0.15, 0.2) is 41.7 Å². The number of benzene rings is 1. The third-order valence-corrected chi connectivity index (χ3v) is 2.37. The van der Waals surface area contributed by atoms with Crippen molar-refractivity contribution < 1.29 is 27.9 Å². The van der Waals surface area contributed by atoms with E-state index in [1.807, 2.05) is 0 Å². The molecule has 0 heterocycles. The molecule has 1 unspecified atom stereocenters. The minimum Gasteiger partial charge on any atom is -0.511 e. The summed E-state index contributed by atoms with van der Waals surface area (Å²) in [6, 6.07) is 8.03. The topological polar surface area (TPSA) is 82.3 Å². The Morgan fingerprint density at radius 3 is 2.38 bits per heavy atom. The average molecular weight is 300 g/mol. The first kappa shape index (κ1) is 16.5. The highest BCUT2D eigenvalue weighted by Crippen LogP contribution is 2.34. The number of aliphatic hydroxyl groups is 1. The van der Waals surface area contributed by atoms with Crippen LogP contribution in [0.2, 0.25) is 0 Å². The summed E-state index contributed by atoms with van der Waals surface area (Å²) in [5.41, 5.74) is 0.574. The van der Waals surface area contributed by atoms with Gasteiger partial charge in [0.25, 0.3) is 5.91 Å². The molecule has 5 nitrogen and oxygen atoms in total. The van der Waals surface area contributed by atoms with Gasteiger partial charge in [0.1, 0.15) is 11.8 Å². The van der Waals surface area contributed by atoms with Crippen LogP contribution in [0.3, 0.4) is 0 Å². The summed E-state index contributed by atoms with van der Waals surface area (Å²) in [6.45, 7) is 1.05. The number of carbonyl (C=O) groups excluding carboxylic acids is 1. The SMILES string of the molecule is C/C(O)=C(\C#N)C(=O)NOC(c1ccccc1)C(F)(F)F. The fourth-order valence-electron chi connectivity index (χ4n) is 1.41. The van der Waals surface area contributed by atoms with Gasteiger partial charge in [-0.3, -0.25) is 9.63 Å². The van der Waals surface area contributed by atoms with Crippen molar-refractivity contribution in [3.63, 3.8) is 0 Å². The molecule has 1 amide bonds. The van der Waals surface area contributed by atoms with Crippen LogP contribution in [-0.2, 0) is 9.63 Å². The number of alkyl halides is 3. The van der Waals surface area contributed by atoms with E-state index in [2.05, 4.69) is 4.84 Å². The van der Waals surface area contributed by atoms with E-state index in [0.717, 1.165) is 6.92 Å². The van der Waals surface area contributed by atoms with Gasteiger partial charge in [-0.15, -0.1) is 0 Å². The Morgan fingerprint density at radius 2 is 1.95 bits per heavy atom. The van der Waals surface area contributed by atoms with Gasteiger partial charge in [0.15, 0.2) is 5.57 Å². The van der Waals surface area contributed by atoms with Crippen molar-refractivity contribution in [3.8, 4) is 6.07 Å². The molecule has 0 radical (unpaired) electrons. The molecule has 0 aromatic heterocycles. The molecular weight excluding hydrogens is 289 g/mol. The van der Waals surface area contributed by atoms with E-state index in [9.17, 15) is 18.0 Å². The van der Waals surface area contributed by atoms with Crippen molar-refractivity contribution >= 4 is 5.91 Å². The number of amides is 1. The number of nitriles is 1. The van der Waals surface area contributed by atoms with E-state index in [-0.39, 0.29) is 5.56 Å². The zero-order valence-corrected chi connectivity index (χ0v) is 10.8. The number of nitrogens with one attached hydrogen (secondary N) is 1. The monoisotopic (exact) mass is 300 g/mol. The molecule has 0 bridgehead atoms. The van der Waals surface area contributed by atoms with Gasteiger partial charge in [-0.2, -0.15) is 18.4 Å². The number of halogens is 3. The van der Waals surface area contributed by atoms with Gasteiger partial charge in [0.2, 0.25) is 6.10 Å². The predicted molar refractivity (Wildman–Crippen MR) is 65.4 cm³/mol. The molecule has 1 rings (SSSR count). The third kappa shape index (κ3) is 4.50. The maximum absolute atomic E-state index is 12.9. The third-order valence-electron chi connectivity index (χ3n) is 2.37. The lowest BCUT2D eigenvalue weighted by atomic mass is 10.1. The number of hydroxylamine groups is 1. The highest BCUT2D eigenvalue weighted by atomic mass is 19.4. The van der Waals surface area contributed by atoms with E-state index < -0.39 is 29.5 Å². The van der Waals surface area contributed by atoms with Crippen LogP contribution < -0.4 is 5.48 Å². The quantitative estimate of drug-likeness (QED) is 0.387. The molecule has 0 aliphatic rings. The predicted octanol–water partition coefficient (Wildman–Crippen LogP) is 2.69. The van der Waals surface area contributed by atoms with E-state index in [1.54, 1.807) is 0 Å². The lowest BCUT2D eigenvalue weighted by Crippen LogP contribution is -2.33. The Kier molecular flexibility index (Phi) is 5.32. The zero-order valence-electron chi connectivity index (χ0n) is 10.8. The number of aliphatic hydroxyl groups excluding tert-OH is 1. The largest absolute Gasteiger partial charge is 0.511 e. The van der Waals surface area contributed by atoms with Gasteiger partial charge < -0.3 is 5.11 Å². The molecule has 1 atom stereocenters. The smallest absolute Gasteiger partial charge is 0.421 e. The second-order valence-corrected chi connectivity index (χ2v) is 3.95.